The number of hydrogen-bond acceptors (Lipinski definition) is 5. The van der Waals surface area contributed by atoms with Crippen molar-refractivity contribution >= 4 is 18.0 Å². The van der Waals surface area contributed by atoms with Gasteiger partial charge in [-0.1, -0.05) is 39.0 Å². The van der Waals surface area contributed by atoms with Gasteiger partial charge in [-0.2, -0.15) is 0 Å². The molecule has 1 fully saturated rings. The maximum atomic E-state index is 12.9. The molecule has 168 valence electrons. The second-order valence-electron chi connectivity index (χ2n) is 9.45. The van der Waals surface area contributed by atoms with Crippen LogP contribution in [0.2, 0.25) is 0 Å². The Balaban J connectivity index is 2.86. The molecule has 0 saturated carbocycles. The van der Waals surface area contributed by atoms with E-state index in [4.69, 9.17) is 9.47 Å². The molecular formula is C22H40N2O5. The number of amides is 2. The van der Waals surface area contributed by atoms with Crippen molar-refractivity contribution in [3.8, 4) is 0 Å². The standard InChI is InChI=1S/C22H40N2O5/c1-8-9-10-11-12-13-14-29-19(27)24-20(3,4)15-22(18(26)28-7,23-17(2)25)16-21(24,5)6/h8-16H2,1-7H3,(H,23,25). The molecule has 1 rings (SSSR count). The summed E-state index contributed by atoms with van der Waals surface area (Å²) in [5, 5.41) is 2.80. The van der Waals surface area contributed by atoms with Crippen LogP contribution < -0.4 is 5.32 Å². The first-order valence-corrected chi connectivity index (χ1v) is 10.8. The molecule has 1 heterocycles. The monoisotopic (exact) mass is 412 g/mol. The van der Waals surface area contributed by atoms with E-state index in [9.17, 15) is 14.4 Å². The lowest BCUT2D eigenvalue weighted by molar-refractivity contribution is -0.160. The lowest BCUT2D eigenvalue weighted by Gasteiger charge is -2.57. The number of rotatable bonds is 9. The number of ether oxygens (including phenoxy) is 2. The number of hydrogen-bond donors (Lipinski definition) is 1. The van der Waals surface area contributed by atoms with Crippen molar-refractivity contribution in [3.05, 3.63) is 0 Å². The Kier molecular flexibility index (Phi) is 8.97. The second kappa shape index (κ2) is 10.3. The zero-order chi connectivity index (χ0) is 22.3. The lowest BCUT2D eigenvalue weighted by atomic mass is 9.69. The van der Waals surface area contributed by atoms with Gasteiger partial charge in [-0.25, -0.2) is 9.59 Å². The van der Waals surface area contributed by atoms with Crippen LogP contribution in [-0.4, -0.2) is 53.2 Å². The average Bonchev–Trinajstić information content (AvgIpc) is 2.57. The fourth-order valence-corrected chi connectivity index (χ4v) is 4.93. The molecule has 0 aromatic carbocycles. The van der Waals surface area contributed by atoms with E-state index < -0.39 is 22.6 Å². The molecule has 0 aliphatic carbocycles. The molecule has 0 atom stereocenters. The molecule has 0 aromatic rings. The number of nitrogens with one attached hydrogen (secondary N) is 1. The molecule has 0 aromatic heterocycles. The van der Waals surface area contributed by atoms with E-state index in [1.165, 1.54) is 33.3 Å². The number of esters is 1. The maximum Gasteiger partial charge on any atom is 0.410 e. The zero-order valence-corrected chi connectivity index (χ0v) is 19.4. The number of likely N-dealkylation sites (tertiary alicyclic amines) is 1. The smallest absolute Gasteiger partial charge is 0.410 e. The first-order valence-electron chi connectivity index (χ1n) is 10.8. The Hall–Kier alpha value is -1.79. The number of carbonyl (C=O) groups excluding carboxylic acids is 3. The van der Waals surface area contributed by atoms with E-state index in [2.05, 4.69) is 12.2 Å². The highest BCUT2D eigenvalue weighted by Gasteiger charge is 2.58. The highest BCUT2D eigenvalue weighted by Crippen LogP contribution is 2.44. The van der Waals surface area contributed by atoms with Crippen molar-refractivity contribution in [3.63, 3.8) is 0 Å². The Morgan fingerprint density at radius 2 is 1.45 bits per heavy atom. The summed E-state index contributed by atoms with van der Waals surface area (Å²) in [6.07, 6.45) is 6.85. The largest absolute Gasteiger partial charge is 0.467 e. The number of piperidine rings is 1. The van der Waals surface area contributed by atoms with Crippen molar-refractivity contribution in [2.45, 2.75) is 110 Å². The molecule has 1 N–H and O–H groups in total. The van der Waals surface area contributed by atoms with Crippen LogP contribution in [-0.2, 0) is 19.1 Å². The molecule has 0 radical (unpaired) electrons. The summed E-state index contributed by atoms with van der Waals surface area (Å²) in [6.45, 7) is 11.5. The quantitative estimate of drug-likeness (QED) is 0.453. The van der Waals surface area contributed by atoms with E-state index >= 15 is 0 Å². The van der Waals surface area contributed by atoms with E-state index in [-0.39, 0.29) is 24.8 Å². The van der Waals surface area contributed by atoms with Crippen LogP contribution in [0.25, 0.3) is 0 Å². The van der Waals surface area contributed by atoms with Gasteiger partial charge in [0.15, 0.2) is 0 Å². The van der Waals surface area contributed by atoms with Gasteiger partial charge >= 0.3 is 12.1 Å². The van der Waals surface area contributed by atoms with Crippen LogP contribution in [0.15, 0.2) is 0 Å². The van der Waals surface area contributed by atoms with Gasteiger partial charge in [-0.15, -0.1) is 0 Å². The van der Waals surface area contributed by atoms with Gasteiger partial charge in [-0.3, -0.25) is 9.69 Å². The summed E-state index contributed by atoms with van der Waals surface area (Å²) in [5.41, 5.74) is -2.60. The van der Waals surface area contributed by atoms with Crippen molar-refractivity contribution in [1.82, 2.24) is 10.2 Å². The fraction of sp³-hybridized carbons (Fsp3) is 0.864. The van der Waals surface area contributed by atoms with Crippen LogP contribution in [0.1, 0.15) is 92.9 Å². The number of carbonyl (C=O) groups is 3. The van der Waals surface area contributed by atoms with Crippen molar-refractivity contribution < 1.29 is 23.9 Å². The molecule has 0 bridgehead atoms. The zero-order valence-electron chi connectivity index (χ0n) is 19.4. The predicted molar refractivity (Wildman–Crippen MR) is 113 cm³/mol. The van der Waals surface area contributed by atoms with Gasteiger partial charge < -0.3 is 14.8 Å². The lowest BCUT2D eigenvalue weighted by Crippen LogP contribution is -2.72. The van der Waals surface area contributed by atoms with Gasteiger partial charge in [0.25, 0.3) is 0 Å². The third kappa shape index (κ3) is 6.61. The third-order valence-corrected chi connectivity index (χ3v) is 5.58. The SMILES string of the molecule is CCCCCCCCOC(=O)N1C(C)(C)CC(NC(C)=O)(C(=O)OC)CC1(C)C. The van der Waals surface area contributed by atoms with E-state index in [0.717, 1.165) is 19.3 Å². The number of nitrogens with zero attached hydrogens (tertiary/aromatic N) is 1. The summed E-state index contributed by atoms with van der Waals surface area (Å²) in [5.74, 6) is -0.796. The minimum atomic E-state index is -1.18. The van der Waals surface area contributed by atoms with E-state index in [1.54, 1.807) is 4.90 Å². The van der Waals surface area contributed by atoms with Gasteiger partial charge in [0.1, 0.15) is 5.54 Å². The summed E-state index contributed by atoms with van der Waals surface area (Å²) >= 11 is 0. The molecule has 7 nitrogen and oxygen atoms in total. The highest BCUT2D eigenvalue weighted by atomic mass is 16.6. The molecule has 0 unspecified atom stereocenters. The Morgan fingerprint density at radius 1 is 0.931 bits per heavy atom. The minimum Gasteiger partial charge on any atom is -0.467 e. The molecule has 1 aliphatic rings. The van der Waals surface area contributed by atoms with Gasteiger partial charge in [0.2, 0.25) is 5.91 Å². The van der Waals surface area contributed by atoms with Crippen LogP contribution in [0.3, 0.4) is 0 Å². The van der Waals surface area contributed by atoms with E-state index in [1.807, 2.05) is 27.7 Å². The van der Waals surface area contributed by atoms with Crippen LogP contribution in [0.5, 0.6) is 0 Å². The number of unbranched alkanes of at least 4 members (excludes halogenated alkanes) is 5. The normalized spacial score (nSPS) is 19.3. The fourth-order valence-electron chi connectivity index (χ4n) is 4.93. The molecule has 29 heavy (non-hydrogen) atoms. The average molecular weight is 413 g/mol. The molecule has 1 aliphatic heterocycles. The second-order valence-corrected chi connectivity index (χ2v) is 9.45. The van der Waals surface area contributed by atoms with Gasteiger partial charge in [0.05, 0.1) is 13.7 Å². The first kappa shape index (κ1) is 25.2. The predicted octanol–water partition coefficient (Wildman–Crippen LogP) is 4.18. The van der Waals surface area contributed by atoms with Crippen molar-refractivity contribution in [1.29, 1.82) is 0 Å². The van der Waals surface area contributed by atoms with Crippen LogP contribution in [0, 0.1) is 0 Å². The summed E-state index contributed by atoms with van der Waals surface area (Å²) < 4.78 is 10.6. The van der Waals surface area contributed by atoms with Crippen LogP contribution in [0.4, 0.5) is 4.79 Å². The summed E-state index contributed by atoms with van der Waals surface area (Å²) in [6, 6.07) is 0. The van der Waals surface area contributed by atoms with Gasteiger partial charge in [-0.05, 0) is 34.1 Å². The molecular weight excluding hydrogens is 372 g/mol. The Labute approximate surface area is 175 Å². The van der Waals surface area contributed by atoms with Crippen LogP contribution >= 0.6 is 0 Å². The molecule has 0 spiro atoms. The highest BCUT2D eigenvalue weighted by molar-refractivity contribution is 5.88. The molecule has 2 amide bonds. The summed E-state index contributed by atoms with van der Waals surface area (Å²) in [4.78, 5) is 39.1. The topological polar surface area (TPSA) is 84.9 Å². The van der Waals surface area contributed by atoms with Gasteiger partial charge in [0, 0.05) is 30.8 Å². The first-order chi connectivity index (χ1) is 13.4. The van der Waals surface area contributed by atoms with Crippen molar-refractivity contribution in [2.24, 2.45) is 0 Å². The number of methoxy groups -OCH3 is 1. The minimum absolute atomic E-state index is 0.252. The summed E-state index contributed by atoms with van der Waals surface area (Å²) in [7, 11) is 1.31. The molecule has 7 heteroatoms. The Morgan fingerprint density at radius 3 is 1.93 bits per heavy atom. The van der Waals surface area contributed by atoms with E-state index in [0.29, 0.717) is 6.61 Å². The molecule has 1 saturated heterocycles. The Bertz CT molecular complexity index is 568. The maximum absolute atomic E-state index is 12.9. The van der Waals surface area contributed by atoms with Crippen molar-refractivity contribution in [2.75, 3.05) is 13.7 Å². The third-order valence-electron chi connectivity index (χ3n) is 5.58.